The second-order valence-electron chi connectivity index (χ2n) is 11.9. The summed E-state index contributed by atoms with van der Waals surface area (Å²) in [5.74, 6) is -3.15. The first-order chi connectivity index (χ1) is 22.3. The van der Waals surface area contributed by atoms with Gasteiger partial charge >= 0.3 is 0 Å². The fourth-order valence-corrected chi connectivity index (χ4v) is 5.69. The number of amides is 2. The van der Waals surface area contributed by atoms with E-state index in [1.165, 1.54) is 29.2 Å². The third kappa shape index (κ3) is 8.49. The molecular weight excluding hydrogens is 608 g/mol. The number of rotatable bonds is 13. The Labute approximate surface area is 272 Å². The number of aromatic nitrogens is 1. The van der Waals surface area contributed by atoms with E-state index in [0.717, 1.165) is 0 Å². The summed E-state index contributed by atoms with van der Waals surface area (Å²) in [5.41, 5.74) is 3.66. The molecule has 1 heterocycles. The number of benzene rings is 3. The lowest BCUT2D eigenvalue weighted by Gasteiger charge is -2.20. The molecule has 0 radical (unpaired) electrons. The fraction of sp³-hybridized carbons (Fsp3) is 0.306. The minimum Gasteiger partial charge on any atom is -0.550 e. The van der Waals surface area contributed by atoms with E-state index in [1.807, 2.05) is 18.4 Å². The normalized spacial score (nSPS) is 12.5. The summed E-state index contributed by atoms with van der Waals surface area (Å²) < 4.78 is 30.1. The van der Waals surface area contributed by atoms with Gasteiger partial charge in [-0.05, 0) is 86.7 Å². The van der Waals surface area contributed by atoms with E-state index in [0.29, 0.717) is 39.2 Å². The van der Waals surface area contributed by atoms with E-state index < -0.39 is 42.1 Å². The molecule has 0 saturated carbocycles. The van der Waals surface area contributed by atoms with Gasteiger partial charge in [0.2, 0.25) is 0 Å². The lowest BCUT2D eigenvalue weighted by Crippen LogP contribution is -2.29. The highest BCUT2D eigenvalue weighted by molar-refractivity contribution is 6.11. The van der Waals surface area contributed by atoms with Crippen molar-refractivity contribution in [3.05, 3.63) is 101 Å². The van der Waals surface area contributed by atoms with E-state index in [2.05, 4.69) is 5.32 Å². The van der Waals surface area contributed by atoms with Gasteiger partial charge in [0.1, 0.15) is 17.3 Å². The Hall–Kier alpha value is -4.87. The van der Waals surface area contributed by atoms with Crippen LogP contribution in [0.1, 0.15) is 65.7 Å². The molecule has 0 bridgehead atoms. The maximum absolute atomic E-state index is 14.3. The molecule has 0 aliphatic carbocycles. The number of halogens is 2. The van der Waals surface area contributed by atoms with Crippen molar-refractivity contribution in [1.29, 1.82) is 0 Å². The van der Waals surface area contributed by atoms with Crippen LogP contribution in [-0.2, 0) is 11.2 Å². The summed E-state index contributed by atoms with van der Waals surface area (Å²) in [6.07, 6.45) is -2.96. The number of aliphatic hydroxyl groups excluding tert-OH is 2. The zero-order valence-corrected chi connectivity index (χ0v) is 26.7. The first-order valence-electron chi connectivity index (χ1n) is 15.2. The summed E-state index contributed by atoms with van der Waals surface area (Å²) in [7, 11) is 3.25. The quantitative estimate of drug-likeness (QED) is 0.191. The Morgan fingerprint density at radius 3 is 1.98 bits per heavy atom. The van der Waals surface area contributed by atoms with Crippen molar-refractivity contribution in [3.63, 3.8) is 0 Å². The zero-order valence-electron chi connectivity index (χ0n) is 26.7. The highest BCUT2D eigenvalue weighted by Crippen LogP contribution is 2.43. The number of carbonyl (C=O) groups is 3. The number of hydrogen-bond donors (Lipinski definition) is 3. The molecule has 4 aromatic rings. The number of aliphatic carboxylic acids is 1. The van der Waals surface area contributed by atoms with Gasteiger partial charge in [0, 0.05) is 60.6 Å². The number of carbonyl (C=O) groups excluding carboxylic acids is 3. The minimum atomic E-state index is -1.44. The Kier molecular flexibility index (Phi) is 11.3. The van der Waals surface area contributed by atoms with Gasteiger partial charge in [-0.25, -0.2) is 8.78 Å². The van der Waals surface area contributed by atoms with Crippen LogP contribution in [0, 0.1) is 11.6 Å². The van der Waals surface area contributed by atoms with Gasteiger partial charge in [0.05, 0.1) is 12.2 Å². The number of anilines is 1. The number of nitrogens with one attached hydrogen (secondary N) is 1. The third-order valence-electron chi connectivity index (χ3n) is 7.74. The predicted octanol–water partition coefficient (Wildman–Crippen LogP) is 4.82. The molecular formula is C36H38F2N3O6-. The van der Waals surface area contributed by atoms with Crippen molar-refractivity contribution in [2.45, 2.75) is 57.8 Å². The van der Waals surface area contributed by atoms with E-state index in [4.69, 9.17) is 0 Å². The molecule has 3 N–H and O–H groups in total. The van der Waals surface area contributed by atoms with Gasteiger partial charge in [0.25, 0.3) is 11.8 Å². The summed E-state index contributed by atoms with van der Waals surface area (Å²) in [6, 6.07) is 17.6. The molecule has 0 spiro atoms. The van der Waals surface area contributed by atoms with E-state index in [9.17, 15) is 38.5 Å². The van der Waals surface area contributed by atoms with E-state index >= 15 is 0 Å². The van der Waals surface area contributed by atoms with Crippen LogP contribution in [0.2, 0.25) is 0 Å². The van der Waals surface area contributed by atoms with Crippen LogP contribution in [0.5, 0.6) is 0 Å². The second kappa shape index (κ2) is 15.1. The van der Waals surface area contributed by atoms with Gasteiger partial charge in [0.15, 0.2) is 0 Å². The number of hydrogen-bond acceptors (Lipinski definition) is 6. The second-order valence-corrected chi connectivity index (χ2v) is 11.9. The lowest BCUT2D eigenvalue weighted by atomic mass is 9.92. The van der Waals surface area contributed by atoms with Gasteiger partial charge in [-0.2, -0.15) is 0 Å². The monoisotopic (exact) mass is 646 g/mol. The third-order valence-corrected chi connectivity index (χ3v) is 7.74. The van der Waals surface area contributed by atoms with Gasteiger partial charge in [-0.1, -0.05) is 30.3 Å². The molecule has 0 fully saturated rings. The Bertz CT molecular complexity index is 1730. The average molecular weight is 647 g/mol. The lowest BCUT2D eigenvalue weighted by molar-refractivity contribution is -0.307. The SMILES string of the molecule is CC(C)n1c(CC[C@@H](O)C[C@@H](O)CC(=O)[O-])c(-c2ccc(F)cc2)c(-c2ccc(F)cc2)c1C(=O)Nc1cccc(C(=O)N(C)C)c1. The molecule has 2 atom stereocenters. The van der Waals surface area contributed by atoms with Crippen LogP contribution in [0.4, 0.5) is 14.5 Å². The van der Waals surface area contributed by atoms with Crippen molar-refractivity contribution in [2.75, 3.05) is 19.4 Å². The highest BCUT2D eigenvalue weighted by Gasteiger charge is 2.31. The van der Waals surface area contributed by atoms with Crippen LogP contribution in [0.25, 0.3) is 22.3 Å². The summed E-state index contributed by atoms with van der Waals surface area (Å²) in [6.45, 7) is 3.75. The summed E-state index contributed by atoms with van der Waals surface area (Å²) in [5, 5.41) is 34.7. The Morgan fingerprint density at radius 2 is 1.45 bits per heavy atom. The molecule has 1 aromatic heterocycles. The highest BCUT2D eigenvalue weighted by atomic mass is 19.1. The van der Waals surface area contributed by atoms with E-state index in [1.54, 1.807) is 62.6 Å². The molecule has 2 amide bonds. The summed E-state index contributed by atoms with van der Waals surface area (Å²) in [4.78, 5) is 39.3. The van der Waals surface area contributed by atoms with Crippen molar-refractivity contribution in [2.24, 2.45) is 0 Å². The van der Waals surface area contributed by atoms with Crippen LogP contribution < -0.4 is 10.4 Å². The Balaban J connectivity index is 1.91. The minimum absolute atomic E-state index is 0.0909. The molecule has 0 aliphatic rings. The molecule has 11 heteroatoms. The topological polar surface area (TPSA) is 135 Å². The number of aliphatic hydroxyl groups is 2. The predicted molar refractivity (Wildman–Crippen MR) is 173 cm³/mol. The fourth-order valence-electron chi connectivity index (χ4n) is 5.69. The summed E-state index contributed by atoms with van der Waals surface area (Å²) >= 11 is 0. The van der Waals surface area contributed by atoms with Crippen LogP contribution in [0.15, 0.2) is 72.8 Å². The van der Waals surface area contributed by atoms with Crippen molar-refractivity contribution < 1.29 is 38.5 Å². The Morgan fingerprint density at radius 1 is 0.872 bits per heavy atom. The molecule has 0 unspecified atom stereocenters. The molecule has 248 valence electrons. The van der Waals surface area contributed by atoms with Gasteiger partial charge in [-0.15, -0.1) is 0 Å². The number of carboxylic acid groups (broad SMARTS) is 1. The van der Waals surface area contributed by atoms with Crippen molar-refractivity contribution in [3.8, 4) is 22.3 Å². The average Bonchev–Trinajstić information content (AvgIpc) is 3.35. The molecule has 47 heavy (non-hydrogen) atoms. The van der Waals surface area contributed by atoms with Crippen LogP contribution >= 0.6 is 0 Å². The van der Waals surface area contributed by atoms with Crippen molar-refractivity contribution in [1.82, 2.24) is 9.47 Å². The molecule has 9 nitrogen and oxygen atoms in total. The van der Waals surface area contributed by atoms with Crippen molar-refractivity contribution >= 4 is 23.5 Å². The van der Waals surface area contributed by atoms with Gasteiger partial charge < -0.3 is 34.9 Å². The van der Waals surface area contributed by atoms with E-state index in [-0.39, 0.29) is 36.9 Å². The smallest absolute Gasteiger partial charge is 0.272 e. The first kappa shape index (κ1) is 35.0. The van der Waals surface area contributed by atoms with Gasteiger partial charge in [-0.3, -0.25) is 9.59 Å². The maximum atomic E-state index is 14.3. The molecule has 4 rings (SSSR count). The molecule has 0 aliphatic heterocycles. The zero-order chi connectivity index (χ0) is 34.4. The maximum Gasteiger partial charge on any atom is 0.272 e. The van der Waals surface area contributed by atoms with Crippen LogP contribution in [-0.4, -0.2) is 63.8 Å². The molecule has 3 aromatic carbocycles. The molecule has 0 saturated heterocycles. The number of carboxylic acids is 1. The first-order valence-corrected chi connectivity index (χ1v) is 15.2. The van der Waals surface area contributed by atoms with Crippen LogP contribution in [0.3, 0.4) is 0 Å². The largest absolute Gasteiger partial charge is 0.550 e. The standard InChI is InChI=1S/C36H39F2N3O6/c1-21(2)41-30(17-16-28(42)19-29(43)20-31(44)45)32(22-8-12-25(37)13-9-22)33(23-10-14-26(38)15-11-23)34(41)35(46)39-27-7-5-6-24(18-27)36(47)40(3)4/h5-15,18,21,28-29,42-43H,16-17,19-20H2,1-4H3,(H,39,46)(H,44,45)/p-1/t28-,29-/m1/s1. The number of nitrogens with zero attached hydrogens (tertiary/aromatic N) is 2.